The zero-order chi connectivity index (χ0) is 14.8. The molecule has 0 radical (unpaired) electrons. The fraction of sp³-hybridized carbons (Fsp3) is 0.538. The number of hydrogen-bond donors (Lipinski definition) is 2. The van der Waals surface area contributed by atoms with Crippen LogP contribution >= 0.6 is 0 Å². The van der Waals surface area contributed by atoms with Crippen molar-refractivity contribution >= 4 is 17.1 Å². The maximum atomic E-state index is 10.8. The summed E-state index contributed by atoms with van der Waals surface area (Å²) >= 11 is 0. The van der Waals surface area contributed by atoms with Crippen LogP contribution in [0.3, 0.4) is 0 Å². The number of nitrogens with zero attached hydrogens (tertiary/aromatic N) is 2. The van der Waals surface area contributed by atoms with E-state index in [-0.39, 0.29) is 5.69 Å². The number of aliphatic hydroxyl groups is 1. The van der Waals surface area contributed by atoms with Crippen LogP contribution in [0.15, 0.2) is 18.2 Å². The van der Waals surface area contributed by atoms with Crippen LogP contribution in [0.5, 0.6) is 0 Å². The number of benzene rings is 1. The van der Waals surface area contributed by atoms with E-state index in [0.717, 1.165) is 0 Å². The molecule has 3 N–H and O–H groups in total. The van der Waals surface area contributed by atoms with E-state index in [1.54, 1.807) is 18.0 Å². The standard InChI is InChI=1S/C13H19N3O4/c1-15(9-13(17)2-4-20-5-3-13)11-6-10(14)7-12(8-11)16(18)19/h6-8,17H,2-5,9,14H2,1H3. The second kappa shape index (κ2) is 5.64. The largest absolute Gasteiger partial charge is 0.398 e. The summed E-state index contributed by atoms with van der Waals surface area (Å²) in [6.45, 7) is 1.44. The molecule has 1 aliphatic rings. The Hall–Kier alpha value is -1.86. The van der Waals surface area contributed by atoms with Crippen molar-refractivity contribution in [3.63, 3.8) is 0 Å². The molecular formula is C13H19N3O4. The summed E-state index contributed by atoms with van der Waals surface area (Å²) in [5, 5.41) is 21.3. The Balaban J connectivity index is 2.16. The average Bonchev–Trinajstić information content (AvgIpc) is 2.38. The van der Waals surface area contributed by atoms with Gasteiger partial charge in [-0.1, -0.05) is 0 Å². The molecule has 1 aromatic rings. The molecule has 2 rings (SSSR count). The Bertz CT molecular complexity index is 500. The summed E-state index contributed by atoms with van der Waals surface area (Å²) in [7, 11) is 1.78. The van der Waals surface area contributed by atoms with E-state index < -0.39 is 10.5 Å². The first-order valence-electron chi connectivity index (χ1n) is 6.46. The molecule has 1 saturated heterocycles. The van der Waals surface area contributed by atoms with Crippen molar-refractivity contribution < 1.29 is 14.8 Å². The monoisotopic (exact) mass is 281 g/mol. The molecule has 0 amide bonds. The molecule has 7 nitrogen and oxygen atoms in total. The Morgan fingerprint density at radius 3 is 2.70 bits per heavy atom. The molecule has 0 saturated carbocycles. The molecule has 7 heteroatoms. The maximum Gasteiger partial charge on any atom is 0.273 e. The molecule has 0 atom stereocenters. The molecule has 0 unspecified atom stereocenters. The van der Waals surface area contributed by atoms with Crippen LogP contribution in [0, 0.1) is 10.1 Å². The number of nitrogen functional groups attached to an aromatic ring is 1. The van der Waals surface area contributed by atoms with Gasteiger partial charge in [0, 0.05) is 63.2 Å². The van der Waals surface area contributed by atoms with Crippen LogP contribution in [-0.2, 0) is 4.74 Å². The summed E-state index contributed by atoms with van der Waals surface area (Å²) in [5.41, 5.74) is 5.77. The number of nitrogens with two attached hydrogens (primary N) is 1. The number of nitro benzene ring substituents is 1. The first kappa shape index (κ1) is 14.5. The first-order valence-corrected chi connectivity index (χ1v) is 6.46. The quantitative estimate of drug-likeness (QED) is 0.487. The lowest BCUT2D eigenvalue weighted by atomic mass is 9.94. The van der Waals surface area contributed by atoms with Crippen molar-refractivity contribution in [1.82, 2.24) is 0 Å². The maximum absolute atomic E-state index is 10.8. The van der Waals surface area contributed by atoms with Gasteiger partial charge in [-0.05, 0) is 6.07 Å². The third-order valence-corrected chi connectivity index (χ3v) is 3.53. The molecule has 0 bridgehead atoms. The van der Waals surface area contributed by atoms with E-state index in [9.17, 15) is 15.2 Å². The smallest absolute Gasteiger partial charge is 0.273 e. The minimum atomic E-state index is -0.827. The number of anilines is 2. The molecule has 0 aliphatic carbocycles. The zero-order valence-electron chi connectivity index (χ0n) is 11.4. The lowest BCUT2D eigenvalue weighted by Gasteiger charge is -2.36. The van der Waals surface area contributed by atoms with Crippen molar-refractivity contribution in [3.8, 4) is 0 Å². The van der Waals surface area contributed by atoms with Gasteiger partial charge in [0.1, 0.15) is 0 Å². The Kier molecular flexibility index (Phi) is 4.10. The molecule has 1 fully saturated rings. The third-order valence-electron chi connectivity index (χ3n) is 3.53. The van der Waals surface area contributed by atoms with Crippen molar-refractivity contribution in [1.29, 1.82) is 0 Å². The second-order valence-electron chi connectivity index (χ2n) is 5.23. The van der Waals surface area contributed by atoms with Crippen LogP contribution < -0.4 is 10.6 Å². The lowest BCUT2D eigenvalue weighted by molar-refractivity contribution is -0.384. The van der Waals surface area contributed by atoms with Gasteiger partial charge < -0.3 is 20.5 Å². The van der Waals surface area contributed by atoms with Gasteiger partial charge in [-0.2, -0.15) is 0 Å². The normalized spacial score (nSPS) is 17.7. The number of nitro groups is 1. The molecule has 0 aromatic heterocycles. The predicted octanol–water partition coefficient (Wildman–Crippen LogP) is 1.15. The highest BCUT2D eigenvalue weighted by Gasteiger charge is 2.31. The molecule has 20 heavy (non-hydrogen) atoms. The topological polar surface area (TPSA) is 102 Å². The van der Waals surface area contributed by atoms with Crippen LogP contribution in [-0.4, -0.2) is 42.4 Å². The summed E-state index contributed by atoms with van der Waals surface area (Å²) in [4.78, 5) is 12.2. The highest BCUT2D eigenvalue weighted by Crippen LogP contribution is 2.28. The van der Waals surface area contributed by atoms with E-state index in [0.29, 0.717) is 44.0 Å². The van der Waals surface area contributed by atoms with Gasteiger partial charge in [-0.25, -0.2) is 0 Å². The highest BCUT2D eigenvalue weighted by molar-refractivity contribution is 5.62. The van der Waals surface area contributed by atoms with Gasteiger partial charge >= 0.3 is 0 Å². The van der Waals surface area contributed by atoms with Crippen molar-refractivity contribution in [3.05, 3.63) is 28.3 Å². The Morgan fingerprint density at radius 1 is 1.45 bits per heavy atom. The van der Waals surface area contributed by atoms with Gasteiger partial charge in [-0.15, -0.1) is 0 Å². The minimum absolute atomic E-state index is 0.0502. The highest BCUT2D eigenvalue weighted by atomic mass is 16.6. The number of non-ortho nitro benzene ring substituents is 1. The van der Waals surface area contributed by atoms with Crippen LogP contribution in [0.4, 0.5) is 17.1 Å². The van der Waals surface area contributed by atoms with E-state index in [1.165, 1.54) is 12.1 Å². The summed E-state index contributed by atoms with van der Waals surface area (Å²) in [6.07, 6.45) is 1.11. The van der Waals surface area contributed by atoms with Gasteiger partial charge in [0.15, 0.2) is 0 Å². The Morgan fingerprint density at radius 2 is 2.10 bits per heavy atom. The molecule has 1 aromatic carbocycles. The summed E-state index contributed by atoms with van der Waals surface area (Å²) in [5.74, 6) is 0. The number of ether oxygens (including phenoxy) is 1. The SMILES string of the molecule is CN(CC1(O)CCOCC1)c1cc(N)cc([N+](=O)[O-])c1. The van der Waals surface area contributed by atoms with E-state index in [2.05, 4.69) is 0 Å². The number of likely N-dealkylation sites (N-methyl/N-ethyl adjacent to an activating group) is 1. The molecule has 110 valence electrons. The van der Waals surface area contributed by atoms with Gasteiger partial charge in [0.05, 0.1) is 10.5 Å². The van der Waals surface area contributed by atoms with Gasteiger partial charge in [-0.3, -0.25) is 10.1 Å². The summed E-state index contributed by atoms with van der Waals surface area (Å²) < 4.78 is 5.23. The average molecular weight is 281 g/mol. The number of rotatable bonds is 4. The van der Waals surface area contributed by atoms with E-state index >= 15 is 0 Å². The fourth-order valence-corrected chi connectivity index (χ4v) is 2.39. The second-order valence-corrected chi connectivity index (χ2v) is 5.23. The van der Waals surface area contributed by atoms with E-state index in [4.69, 9.17) is 10.5 Å². The van der Waals surface area contributed by atoms with Gasteiger partial charge in [0.25, 0.3) is 5.69 Å². The minimum Gasteiger partial charge on any atom is -0.398 e. The molecule has 1 aliphatic heterocycles. The van der Waals surface area contributed by atoms with Crippen LogP contribution in [0.1, 0.15) is 12.8 Å². The van der Waals surface area contributed by atoms with Crippen molar-refractivity contribution in [2.45, 2.75) is 18.4 Å². The summed E-state index contributed by atoms with van der Waals surface area (Å²) in [6, 6.07) is 4.44. The predicted molar refractivity (Wildman–Crippen MR) is 75.8 cm³/mol. The van der Waals surface area contributed by atoms with E-state index in [1.807, 2.05) is 0 Å². The number of hydrogen-bond acceptors (Lipinski definition) is 6. The van der Waals surface area contributed by atoms with Crippen LogP contribution in [0.2, 0.25) is 0 Å². The third kappa shape index (κ3) is 3.37. The van der Waals surface area contributed by atoms with Crippen molar-refractivity contribution in [2.24, 2.45) is 0 Å². The molecule has 0 spiro atoms. The van der Waals surface area contributed by atoms with Gasteiger partial charge in [0.2, 0.25) is 0 Å². The molecule has 1 heterocycles. The first-order chi connectivity index (χ1) is 9.39. The van der Waals surface area contributed by atoms with Crippen LogP contribution in [0.25, 0.3) is 0 Å². The fourth-order valence-electron chi connectivity index (χ4n) is 2.39. The lowest BCUT2D eigenvalue weighted by Crippen LogP contribution is -2.45. The molecular weight excluding hydrogens is 262 g/mol. The Labute approximate surface area is 117 Å². The zero-order valence-corrected chi connectivity index (χ0v) is 11.4. The van der Waals surface area contributed by atoms with Crippen molar-refractivity contribution in [2.75, 3.05) is 37.4 Å².